The lowest BCUT2D eigenvalue weighted by atomic mass is 10.2. The van der Waals surface area contributed by atoms with Gasteiger partial charge in [0.2, 0.25) is 0 Å². The second-order valence-corrected chi connectivity index (χ2v) is 4.52. The highest BCUT2D eigenvalue weighted by molar-refractivity contribution is 6.00. The fourth-order valence-corrected chi connectivity index (χ4v) is 2.09. The van der Waals surface area contributed by atoms with Crippen LogP contribution in [-0.4, -0.2) is 40.1 Å². The van der Waals surface area contributed by atoms with Crippen LogP contribution in [0.4, 0.5) is 0 Å². The van der Waals surface area contributed by atoms with Crippen molar-refractivity contribution in [1.82, 2.24) is 14.5 Å². The molecule has 5 nitrogen and oxygen atoms in total. The molecule has 0 aliphatic rings. The van der Waals surface area contributed by atoms with Crippen molar-refractivity contribution in [2.75, 3.05) is 19.6 Å². The Morgan fingerprint density at radius 1 is 1.42 bits per heavy atom. The van der Waals surface area contributed by atoms with E-state index in [0.717, 1.165) is 24.9 Å². The molecule has 0 aromatic carbocycles. The van der Waals surface area contributed by atoms with Gasteiger partial charge < -0.3 is 10.6 Å². The summed E-state index contributed by atoms with van der Waals surface area (Å²) >= 11 is 0. The fraction of sp³-hybridized carbons (Fsp3) is 0.429. The first-order valence-corrected chi connectivity index (χ1v) is 6.69. The SMILES string of the molecule is CCCCN(CCN)C(=O)c1cnn2ccccc12. The van der Waals surface area contributed by atoms with Crippen molar-refractivity contribution in [2.24, 2.45) is 5.73 Å². The summed E-state index contributed by atoms with van der Waals surface area (Å²) in [6.07, 6.45) is 5.52. The Bertz CT molecular complexity index is 549. The third-order valence-electron chi connectivity index (χ3n) is 3.12. The molecule has 0 fully saturated rings. The number of hydrogen-bond donors (Lipinski definition) is 1. The van der Waals surface area contributed by atoms with Gasteiger partial charge in [-0.25, -0.2) is 4.52 Å². The van der Waals surface area contributed by atoms with Gasteiger partial charge in [0.1, 0.15) is 0 Å². The molecule has 2 aromatic heterocycles. The van der Waals surface area contributed by atoms with E-state index >= 15 is 0 Å². The number of carbonyl (C=O) groups excluding carboxylic acids is 1. The van der Waals surface area contributed by atoms with Gasteiger partial charge in [-0.15, -0.1) is 0 Å². The second kappa shape index (κ2) is 6.33. The Balaban J connectivity index is 2.25. The monoisotopic (exact) mass is 260 g/mol. The first-order valence-electron chi connectivity index (χ1n) is 6.69. The lowest BCUT2D eigenvalue weighted by Crippen LogP contribution is -2.36. The predicted molar refractivity (Wildman–Crippen MR) is 75.1 cm³/mol. The van der Waals surface area contributed by atoms with Crippen molar-refractivity contribution in [3.63, 3.8) is 0 Å². The molecule has 2 rings (SSSR count). The number of amides is 1. The van der Waals surface area contributed by atoms with Crippen LogP contribution in [0.3, 0.4) is 0 Å². The molecule has 2 aromatic rings. The van der Waals surface area contributed by atoms with Crippen LogP contribution in [-0.2, 0) is 0 Å². The van der Waals surface area contributed by atoms with Crippen molar-refractivity contribution >= 4 is 11.4 Å². The van der Waals surface area contributed by atoms with E-state index in [1.54, 1.807) is 10.7 Å². The van der Waals surface area contributed by atoms with E-state index in [2.05, 4.69) is 12.0 Å². The number of unbranched alkanes of at least 4 members (excludes halogenated alkanes) is 1. The van der Waals surface area contributed by atoms with Crippen LogP contribution in [0, 0.1) is 0 Å². The van der Waals surface area contributed by atoms with Gasteiger partial charge in [0.15, 0.2) is 0 Å². The Morgan fingerprint density at radius 2 is 2.26 bits per heavy atom. The first kappa shape index (κ1) is 13.5. The molecule has 2 N–H and O–H groups in total. The number of nitrogens with two attached hydrogens (primary N) is 1. The van der Waals surface area contributed by atoms with E-state index < -0.39 is 0 Å². The van der Waals surface area contributed by atoms with Crippen LogP contribution in [0.2, 0.25) is 0 Å². The summed E-state index contributed by atoms with van der Waals surface area (Å²) in [5, 5.41) is 4.20. The van der Waals surface area contributed by atoms with Crippen LogP contribution in [0.1, 0.15) is 30.1 Å². The Labute approximate surface area is 113 Å². The topological polar surface area (TPSA) is 63.6 Å². The standard InChI is InChI=1S/C14H20N4O/c1-2-3-8-17(10-7-15)14(19)12-11-16-18-9-5-4-6-13(12)18/h4-6,9,11H,2-3,7-8,10,15H2,1H3. The van der Waals surface area contributed by atoms with Crippen LogP contribution in [0.5, 0.6) is 0 Å². The molecule has 0 saturated carbocycles. The molecule has 0 aliphatic carbocycles. The number of pyridine rings is 1. The molecule has 1 amide bonds. The van der Waals surface area contributed by atoms with Crippen LogP contribution >= 0.6 is 0 Å². The summed E-state index contributed by atoms with van der Waals surface area (Å²) in [6.45, 7) is 3.93. The van der Waals surface area contributed by atoms with E-state index in [1.807, 2.05) is 29.3 Å². The summed E-state index contributed by atoms with van der Waals surface area (Å²) in [5.41, 5.74) is 7.07. The number of hydrogen-bond acceptors (Lipinski definition) is 3. The van der Waals surface area contributed by atoms with E-state index in [-0.39, 0.29) is 5.91 Å². The van der Waals surface area contributed by atoms with E-state index in [1.165, 1.54) is 0 Å². The third-order valence-corrected chi connectivity index (χ3v) is 3.12. The van der Waals surface area contributed by atoms with Gasteiger partial charge in [0, 0.05) is 25.8 Å². The number of carbonyl (C=O) groups is 1. The molecule has 0 aliphatic heterocycles. The third kappa shape index (κ3) is 2.93. The van der Waals surface area contributed by atoms with Crippen LogP contribution in [0.25, 0.3) is 5.52 Å². The molecule has 0 bridgehead atoms. The molecule has 19 heavy (non-hydrogen) atoms. The molecule has 0 atom stereocenters. The van der Waals surface area contributed by atoms with Crippen molar-refractivity contribution in [3.05, 3.63) is 36.2 Å². The molecule has 102 valence electrons. The van der Waals surface area contributed by atoms with Crippen molar-refractivity contribution in [2.45, 2.75) is 19.8 Å². The van der Waals surface area contributed by atoms with Gasteiger partial charge >= 0.3 is 0 Å². The highest BCUT2D eigenvalue weighted by Gasteiger charge is 2.18. The number of rotatable bonds is 6. The van der Waals surface area contributed by atoms with Crippen LogP contribution in [0.15, 0.2) is 30.6 Å². The molecule has 0 unspecified atom stereocenters. The van der Waals surface area contributed by atoms with Gasteiger partial charge in [-0.1, -0.05) is 19.4 Å². The van der Waals surface area contributed by atoms with Gasteiger partial charge in [0.25, 0.3) is 5.91 Å². The van der Waals surface area contributed by atoms with E-state index in [0.29, 0.717) is 18.7 Å². The highest BCUT2D eigenvalue weighted by atomic mass is 16.2. The lowest BCUT2D eigenvalue weighted by Gasteiger charge is -2.21. The minimum Gasteiger partial charge on any atom is -0.337 e. The maximum absolute atomic E-state index is 12.5. The highest BCUT2D eigenvalue weighted by Crippen LogP contribution is 2.13. The summed E-state index contributed by atoms with van der Waals surface area (Å²) < 4.78 is 1.72. The van der Waals surface area contributed by atoms with E-state index in [4.69, 9.17) is 5.73 Å². The number of nitrogens with zero attached hydrogens (tertiary/aromatic N) is 3. The second-order valence-electron chi connectivity index (χ2n) is 4.52. The predicted octanol–water partition coefficient (Wildman–Crippen LogP) is 1.54. The average Bonchev–Trinajstić information content (AvgIpc) is 2.86. The molecule has 2 heterocycles. The molecule has 5 heteroatoms. The zero-order valence-electron chi connectivity index (χ0n) is 11.2. The smallest absolute Gasteiger partial charge is 0.257 e. The molecule has 0 spiro atoms. The number of aromatic nitrogens is 2. The maximum Gasteiger partial charge on any atom is 0.257 e. The van der Waals surface area contributed by atoms with Gasteiger partial charge in [-0.05, 0) is 18.6 Å². The molecular weight excluding hydrogens is 240 g/mol. The summed E-state index contributed by atoms with van der Waals surface area (Å²) in [4.78, 5) is 14.3. The Morgan fingerprint density at radius 3 is 3.00 bits per heavy atom. The number of fused-ring (bicyclic) bond motifs is 1. The first-order chi connectivity index (χ1) is 9.27. The Kier molecular flexibility index (Phi) is 4.52. The maximum atomic E-state index is 12.5. The molecular formula is C14H20N4O. The largest absolute Gasteiger partial charge is 0.337 e. The Hall–Kier alpha value is -1.88. The fourth-order valence-electron chi connectivity index (χ4n) is 2.09. The van der Waals surface area contributed by atoms with Gasteiger partial charge in [0.05, 0.1) is 17.3 Å². The zero-order chi connectivity index (χ0) is 13.7. The molecule has 0 radical (unpaired) electrons. The minimum absolute atomic E-state index is 0.0140. The lowest BCUT2D eigenvalue weighted by molar-refractivity contribution is 0.0760. The quantitative estimate of drug-likeness (QED) is 0.856. The zero-order valence-corrected chi connectivity index (χ0v) is 11.2. The van der Waals surface area contributed by atoms with Gasteiger partial charge in [-0.3, -0.25) is 4.79 Å². The summed E-state index contributed by atoms with van der Waals surface area (Å²) in [5.74, 6) is 0.0140. The van der Waals surface area contributed by atoms with Crippen molar-refractivity contribution < 1.29 is 4.79 Å². The average molecular weight is 260 g/mol. The normalized spacial score (nSPS) is 10.8. The summed E-state index contributed by atoms with van der Waals surface area (Å²) in [6, 6.07) is 5.71. The summed E-state index contributed by atoms with van der Waals surface area (Å²) in [7, 11) is 0. The minimum atomic E-state index is 0.0140. The molecule has 0 saturated heterocycles. The van der Waals surface area contributed by atoms with E-state index in [9.17, 15) is 4.79 Å². The van der Waals surface area contributed by atoms with Crippen LogP contribution < -0.4 is 5.73 Å². The van der Waals surface area contributed by atoms with Crippen molar-refractivity contribution in [1.29, 1.82) is 0 Å². The van der Waals surface area contributed by atoms with Crippen molar-refractivity contribution in [3.8, 4) is 0 Å². The van der Waals surface area contributed by atoms with Gasteiger partial charge in [-0.2, -0.15) is 5.10 Å².